The number of ether oxygens (including phenoxy) is 2. The molecule has 1 aliphatic rings. The van der Waals surface area contributed by atoms with Gasteiger partial charge >= 0.3 is 11.9 Å². The predicted octanol–water partition coefficient (Wildman–Crippen LogP) is 2.62. The zero-order valence-electron chi connectivity index (χ0n) is 13.5. The van der Waals surface area contributed by atoms with E-state index in [9.17, 15) is 14.9 Å². The van der Waals surface area contributed by atoms with Gasteiger partial charge in [0.05, 0.1) is 11.5 Å². The molecule has 0 saturated carbocycles. The van der Waals surface area contributed by atoms with Gasteiger partial charge in [-0.15, -0.1) is 0 Å². The van der Waals surface area contributed by atoms with E-state index < -0.39 is 23.1 Å². The summed E-state index contributed by atoms with van der Waals surface area (Å²) in [4.78, 5) is 23.7. The second kappa shape index (κ2) is 5.76. The van der Waals surface area contributed by atoms with E-state index in [1.54, 1.807) is 18.2 Å². The summed E-state index contributed by atoms with van der Waals surface area (Å²) in [7, 11) is 0. The lowest BCUT2D eigenvalue weighted by molar-refractivity contribution is -0.222. The van der Waals surface area contributed by atoms with Crippen molar-refractivity contribution in [2.75, 3.05) is 5.32 Å². The number of nitriles is 1. The Hall–Kier alpha value is -2.81. The summed E-state index contributed by atoms with van der Waals surface area (Å²) in [5.74, 6) is -2.75. The van der Waals surface area contributed by atoms with Crippen LogP contribution in [0.4, 0.5) is 5.69 Å². The number of carbonyl (C=O) groups excluding carboxylic acids is 2. The number of rotatable bonds is 3. The van der Waals surface area contributed by atoms with E-state index in [0.29, 0.717) is 5.69 Å². The Balaban J connectivity index is 2.21. The summed E-state index contributed by atoms with van der Waals surface area (Å²) in [6.07, 6.45) is 1.25. The van der Waals surface area contributed by atoms with E-state index in [-0.39, 0.29) is 5.57 Å². The second-order valence-electron chi connectivity index (χ2n) is 6.20. The molecular formula is C17H18N2O4. The Kier molecular flexibility index (Phi) is 4.15. The highest BCUT2D eigenvalue weighted by Crippen LogP contribution is 2.26. The fourth-order valence-electron chi connectivity index (χ4n) is 2.00. The Morgan fingerprint density at radius 3 is 2.39 bits per heavy atom. The Bertz CT molecular complexity index is 704. The summed E-state index contributed by atoms with van der Waals surface area (Å²) in [6.45, 7) is 6.59. The summed E-state index contributed by atoms with van der Waals surface area (Å²) in [5, 5.41) is 12.1. The van der Waals surface area contributed by atoms with E-state index in [1.807, 2.05) is 19.9 Å². The summed E-state index contributed by atoms with van der Waals surface area (Å²) < 4.78 is 10.0. The molecule has 0 spiro atoms. The van der Waals surface area contributed by atoms with Gasteiger partial charge in [0.1, 0.15) is 0 Å². The van der Waals surface area contributed by atoms with Crippen LogP contribution in [-0.2, 0) is 24.5 Å². The molecule has 1 heterocycles. The number of carbonyl (C=O) groups is 2. The zero-order valence-corrected chi connectivity index (χ0v) is 13.5. The van der Waals surface area contributed by atoms with E-state index in [1.165, 1.54) is 20.0 Å². The molecule has 1 fully saturated rings. The smallest absolute Gasteiger partial charge is 0.350 e. The lowest BCUT2D eigenvalue weighted by atomic mass is 9.86. The highest BCUT2D eigenvalue weighted by molar-refractivity contribution is 6.15. The number of nitrogens with one attached hydrogen (secondary N) is 1. The van der Waals surface area contributed by atoms with Crippen molar-refractivity contribution < 1.29 is 19.1 Å². The Labute approximate surface area is 134 Å². The third-order valence-corrected chi connectivity index (χ3v) is 3.36. The highest BCUT2D eigenvalue weighted by Gasteiger charge is 2.38. The lowest BCUT2D eigenvalue weighted by Gasteiger charge is -2.29. The van der Waals surface area contributed by atoms with Crippen LogP contribution in [0.5, 0.6) is 0 Å². The summed E-state index contributed by atoms with van der Waals surface area (Å²) in [5.41, 5.74) is 0.605. The van der Waals surface area contributed by atoms with Crippen molar-refractivity contribution in [2.24, 2.45) is 0 Å². The van der Waals surface area contributed by atoms with Crippen molar-refractivity contribution in [2.45, 2.75) is 38.9 Å². The number of anilines is 1. The Morgan fingerprint density at radius 1 is 1.22 bits per heavy atom. The van der Waals surface area contributed by atoms with Crippen LogP contribution in [0.15, 0.2) is 36.0 Å². The van der Waals surface area contributed by atoms with Gasteiger partial charge in [-0.25, -0.2) is 9.59 Å². The van der Waals surface area contributed by atoms with Gasteiger partial charge in [0, 0.05) is 25.7 Å². The molecule has 2 rings (SSSR count). The molecule has 0 bridgehead atoms. The molecule has 6 nitrogen and oxygen atoms in total. The summed E-state index contributed by atoms with van der Waals surface area (Å²) >= 11 is 0. The van der Waals surface area contributed by atoms with Crippen molar-refractivity contribution in [3.05, 3.63) is 41.6 Å². The molecule has 0 aromatic heterocycles. The van der Waals surface area contributed by atoms with Crippen molar-refractivity contribution in [1.82, 2.24) is 0 Å². The molecule has 23 heavy (non-hydrogen) atoms. The van der Waals surface area contributed by atoms with Crippen LogP contribution < -0.4 is 5.32 Å². The molecule has 1 aliphatic heterocycles. The maximum Gasteiger partial charge on any atom is 0.350 e. The number of hydrogen-bond donors (Lipinski definition) is 1. The second-order valence-corrected chi connectivity index (χ2v) is 6.20. The monoisotopic (exact) mass is 314 g/mol. The first-order valence-electron chi connectivity index (χ1n) is 7.10. The number of nitrogens with zero attached hydrogens (tertiary/aromatic N) is 1. The number of cyclic esters (lactones) is 2. The van der Waals surface area contributed by atoms with Gasteiger partial charge in [-0.05, 0) is 31.5 Å². The van der Waals surface area contributed by atoms with Gasteiger partial charge in [0.15, 0.2) is 5.57 Å². The van der Waals surface area contributed by atoms with Gasteiger partial charge < -0.3 is 14.8 Å². The molecule has 1 saturated heterocycles. The molecule has 0 unspecified atom stereocenters. The fraction of sp³-hybridized carbons (Fsp3) is 0.353. The van der Waals surface area contributed by atoms with Crippen molar-refractivity contribution in [1.29, 1.82) is 5.26 Å². The van der Waals surface area contributed by atoms with Gasteiger partial charge in [-0.3, -0.25) is 0 Å². The molecule has 0 aliphatic carbocycles. The third kappa shape index (κ3) is 3.69. The maximum absolute atomic E-state index is 11.8. The third-order valence-electron chi connectivity index (χ3n) is 3.36. The molecule has 0 atom stereocenters. The molecular weight excluding hydrogens is 296 g/mol. The number of esters is 2. The molecule has 1 N–H and O–H groups in total. The van der Waals surface area contributed by atoms with Gasteiger partial charge in [0.25, 0.3) is 5.79 Å². The van der Waals surface area contributed by atoms with Crippen molar-refractivity contribution in [3.63, 3.8) is 0 Å². The standard InChI is InChI=1S/C17H18N2O4/c1-16(2,10-18)11-6-5-7-12(8-11)19-9-13-14(20)22-17(3,4)23-15(13)21/h5-9,19H,1-4H3. The zero-order chi connectivity index (χ0) is 17.3. The van der Waals surface area contributed by atoms with E-state index in [4.69, 9.17) is 9.47 Å². The van der Waals surface area contributed by atoms with Gasteiger partial charge in [0.2, 0.25) is 0 Å². The minimum atomic E-state index is -1.26. The van der Waals surface area contributed by atoms with Crippen molar-refractivity contribution >= 4 is 17.6 Å². The van der Waals surface area contributed by atoms with Crippen LogP contribution in [0.2, 0.25) is 0 Å². The van der Waals surface area contributed by atoms with Crippen LogP contribution in [-0.4, -0.2) is 17.7 Å². The Morgan fingerprint density at radius 2 is 1.83 bits per heavy atom. The van der Waals surface area contributed by atoms with Crippen LogP contribution >= 0.6 is 0 Å². The van der Waals surface area contributed by atoms with Crippen LogP contribution in [0.3, 0.4) is 0 Å². The molecule has 120 valence electrons. The lowest BCUT2D eigenvalue weighted by Crippen LogP contribution is -2.42. The highest BCUT2D eigenvalue weighted by atomic mass is 16.7. The van der Waals surface area contributed by atoms with Crippen molar-refractivity contribution in [3.8, 4) is 6.07 Å². The van der Waals surface area contributed by atoms with E-state index in [2.05, 4.69) is 11.4 Å². The average Bonchev–Trinajstić information content (AvgIpc) is 2.45. The van der Waals surface area contributed by atoms with Crippen LogP contribution in [0.1, 0.15) is 33.3 Å². The van der Waals surface area contributed by atoms with E-state index >= 15 is 0 Å². The number of benzene rings is 1. The largest absolute Gasteiger partial charge is 0.419 e. The topological polar surface area (TPSA) is 88.4 Å². The molecule has 0 radical (unpaired) electrons. The minimum Gasteiger partial charge on any atom is -0.419 e. The predicted molar refractivity (Wildman–Crippen MR) is 83.0 cm³/mol. The molecule has 0 amide bonds. The number of hydrogen-bond acceptors (Lipinski definition) is 6. The quantitative estimate of drug-likeness (QED) is 0.524. The first-order chi connectivity index (χ1) is 10.6. The first-order valence-corrected chi connectivity index (χ1v) is 7.10. The minimum absolute atomic E-state index is 0.214. The fourth-order valence-corrected chi connectivity index (χ4v) is 2.00. The first kappa shape index (κ1) is 16.6. The molecule has 1 aromatic carbocycles. The SMILES string of the molecule is CC1(C)OC(=O)C(=CNc2cccc(C(C)(C)C#N)c2)C(=O)O1. The average molecular weight is 314 g/mol. The molecule has 6 heteroatoms. The van der Waals surface area contributed by atoms with Crippen LogP contribution in [0.25, 0.3) is 0 Å². The maximum atomic E-state index is 11.8. The normalized spacial score (nSPS) is 16.9. The van der Waals surface area contributed by atoms with E-state index in [0.717, 1.165) is 5.56 Å². The van der Waals surface area contributed by atoms with Gasteiger partial charge in [-0.1, -0.05) is 12.1 Å². The molecule has 1 aromatic rings. The van der Waals surface area contributed by atoms with Crippen LogP contribution in [0, 0.1) is 11.3 Å². The summed E-state index contributed by atoms with van der Waals surface area (Å²) in [6, 6.07) is 9.39. The van der Waals surface area contributed by atoms with Gasteiger partial charge in [-0.2, -0.15) is 5.26 Å².